The Bertz CT molecular complexity index is 872. The van der Waals surface area contributed by atoms with Gasteiger partial charge in [-0.3, -0.25) is 4.79 Å². The molecule has 7 heteroatoms. The van der Waals surface area contributed by atoms with Crippen LogP contribution in [0.4, 0.5) is 5.82 Å². The van der Waals surface area contributed by atoms with Crippen molar-refractivity contribution in [1.82, 2.24) is 15.3 Å². The molecule has 1 N–H and O–H groups in total. The quantitative estimate of drug-likeness (QED) is 0.510. The first-order valence-electron chi connectivity index (χ1n) is 10.9. The monoisotopic (exact) mass is 442 g/mol. The summed E-state index contributed by atoms with van der Waals surface area (Å²) in [7, 11) is 0. The van der Waals surface area contributed by atoms with E-state index in [2.05, 4.69) is 50.9 Å². The molecule has 1 amide bonds. The molecule has 1 aliphatic heterocycles. The molecule has 2 heterocycles. The summed E-state index contributed by atoms with van der Waals surface area (Å²) in [6.45, 7) is 14.5. The summed E-state index contributed by atoms with van der Waals surface area (Å²) in [5.41, 5.74) is 2.83. The van der Waals surface area contributed by atoms with Crippen LogP contribution in [-0.2, 0) is 15.9 Å². The van der Waals surface area contributed by atoms with Crippen LogP contribution in [0.1, 0.15) is 56.2 Å². The fourth-order valence-electron chi connectivity index (χ4n) is 3.12. The predicted molar refractivity (Wildman–Crippen MR) is 127 cm³/mol. The van der Waals surface area contributed by atoms with Gasteiger partial charge in [-0.2, -0.15) is 0 Å². The summed E-state index contributed by atoms with van der Waals surface area (Å²) in [4.78, 5) is 24.1. The van der Waals surface area contributed by atoms with E-state index in [1.807, 2.05) is 24.3 Å². The summed E-state index contributed by atoms with van der Waals surface area (Å²) in [5, 5.41) is 3.74. The Hall–Kier alpha value is -2.12. The Balaban J connectivity index is 1.69. The number of benzene rings is 1. The molecule has 1 saturated heterocycles. The van der Waals surface area contributed by atoms with Gasteiger partial charge in [0.15, 0.2) is 5.16 Å². The molecule has 0 atom stereocenters. The first-order chi connectivity index (χ1) is 14.7. The van der Waals surface area contributed by atoms with E-state index in [-0.39, 0.29) is 11.3 Å². The Morgan fingerprint density at radius 3 is 2.45 bits per heavy atom. The van der Waals surface area contributed by atoms with E-state index in [0.29, 0.717) is 18.0 Å². The Kier molecular flexibility index (Phi) is 7.94. The minimum absolute atomic E-state index is 0.0238. The molecular formula is C24H34N4O2S. The molecule has 6 nitrogen and oxygen atoms in total. The van der Waals surface area contributed by atoms with Crippen LogP contribution in [0.3, 0.4) is 0 Å². The number of carbonyl (C=O) groups excluding carboxylic acids is 1. The summed E-state index contributed by atoms with van der Waals surface area (Å²) in [6, 6.07) is 9.90. The SMILES string of the molecule is CC(C)CNC(=O)c1ccc(CSc2nc(N3CCOCC3)cc(C(C)(C)C)n2)cc1. The zero-order valence-electron chi connectivity index (χ0n) is 19.3. The first-order valence-corrected chi connectivity index (χ1v) is 11.9. The van der Waals surface area contributed by atoms with Crippen LogP contribution in [0.5, 0.6) is 0 Å². The molecule has 0 spiro atoms. The van der Waals surface area contributed by atoms with E-state index in [4.69, 9.17) is 14.7 Å². The molecule has 2 aromatic rings. The lowest BCUT2D eigenvalue weighted by Gasteiger charge is -2.29. The number of carbonyl (C=O) groups is 1. The van der Waals surface area contributed by atoms with Crippen LogP contribution in [0.15, 0.2) is 35.5 Å². The molecule has 1 fully saturated rings. The summed E-state index contributed by atoms with van der Waals surface area (Å²) in [5.74, 6) is 2.14. The molecule has 3 rings (SSSR count). The van der Waals surface area contributed by atoms with Gasteiger partial charge in [0, 0.05) is 42.4 Å². The number of anilines is 1. The summed E-state index contributed by atoms with van der Waals surface area (Å²) in [6.07, 6.45) is 0. The van der Waals surface area contributed by atoms with Crippen LogP contribution in [-0.4, -0.2) is 48.7 Å². The largest absolute Gasteiger partial charge is 0.378 e. The third-order valence-corrected chi connectivity index (χ3v) is 5.97. The Morgan fingerprint density at radius 2 is 1.84 bits per heavy atom. The number of morpholine rings is 1. The molecule has 1 aromatic heterocycles. The average Bonchev–Trinajstić information content (AvgIpc) is 2.76. The molecule has 0 unspecified atom stereocenters. The smallest absolute Gasteiger partial charge is 0.251 e. The number of ether oxygens (including phenoxy) is 1. The second kappa shape index (κ2) is 10.5. The lowest BCUT2D eigenvalue weighted by Crippen LogP contribution is -2.37. The number of nitrogens with one attached hydrogen (secondary N) is 1. The van der Waals surface area contributed by atoms with Gasteiger partial charge in [0.1, 0.15) is 5.82 Å². The van der Waals surface area contributed by atoms with E-state index < -0.39 is 0 Å². The first kappa shape index (κ1) is 23.5. The molecular weight excluding hydrogens is 408 g/mol. The van der Waals surface area contributed by atoms with Crippen molar-refractivity contribution in [3.05, 3.63) is 47.2 Å². The van der Waals surface area contributed by atoms with Gasteiger partial charge in [0.2, 0.25) is 0 Å². The molecule has 0 aliphatic carbocycles. The van der Waals surface area contributed by atoms with Crippen LogP contribution < -0.4 is 10.2 Å². The van der Waals surface area contributed by atoms with Gasteiger partial charge in [-0.25, -0.2) is 9.97 Å². The van der Waals surface area contributed by atoms with Gasteiger partial charge in [-0.1, -0.05) is 58.5 Å². The van der Waals surface area contributed by atoms with Crippen molar-refractivity contribution in [2.75, 3.05) is 37.7 Å². The highest BCUT2D eigenvalue weighted by molar-refractivity contribution is 7.98. The van der Waals surface area contributed by atoms with Gasteiger partial charge < -0.3 is 15.0 Å². The van der Waals surface area contributed by atoms with Crippen molar-refractivity contribution < 1.29 is 9.53 Å². The van der Waals surface area contributed by atoms with Gasteiger partial charge in [-0.15, -0.1) is 0 Å². The zero-order chi connectivity index (χ0) is 22.4. The van der Waals surface area contributed by atoms with Crippen LogP contribution in [0.25, 0.3) is 0 Å². The van der Waals surface area contributed by atoms with Crippen LogP contribution >= 0.6 is 11.8 Å². The topological polar surface area (TPSA) is 67.4 Å². The highest BCUT2D eigenvalue weighted by Gasteiger charge is 2.21. The number of aromatic nitrogens is 2. The van der Waals surface area contributed by atoms with Crippen molar-refractivity contribution in [2.24, 2.45) is 5.92 Å². The standard InChI is InChI=1S/C24H34N4O2S/c1-17(2)15-25-22(29)19-8-6-18(7-9-19)16-31-23-26-20(24(3,4)5)14-21(27-23)28-10-12-30-13-11-28/h6-9,14,17H,10-13,15-16H2,1-5H3,(H,25,29). The number of amides is 1. The highest BCUT2D eigenvalue weighted by atomic mass is 32.2. The number of nitrogens with zero attached hydrogens (tertiary/aromatic N) is 3. The van der Waals surface area contributed by atoms with Gasteiger partial charge >= 0.3 is 0 Å². The van der Waals surface area contributed by atoms with E-state index in [1.165, 1.54) is 0 Å². The third-order valence-electron chi connectivity index (χ3n) is 5.05. The van der Waals surface area contributed by atoms with Gasteiger partial charge in [0.05, 0.1) is 18.9 Å². The average molecular weight is 443 g/mol. The zero-order valence-corrected chi connectivity index (χ0v) is 20.1. The van der Waals surface area contributed by atoms with Gasteiger partial charge in [-0.05, 0) is 23.6 Å². The minimum Gasteiger partial charge on any atom is -0.378 e. The van der Waals surface area contributed by atoms with Gasteiger partial charge in [0.25, 0.3) is 5.91 Å². The number of hydrogen-bond acceptors (Lipinski definition) is 6. The second-order valence-electron chi connectivity index (χ2n) is 9.33. The van der Waals surface area contributed by atoms with Crippen LogP contribution in [0, 0.1) is 5.92 Å². The third kappa shape index (κ3) is 6.94. The molecule has 0 saturated carbocycles. The number of rotatable bonds is 7. The van der Waals surface area contributed by atoms with Crippen molar-refractivity contribution in [2.45, 2.75) is 50.9 Å². The lowest BCUT2D eigenvalue weighted by atomic mass is 9.92. The molecule has 1 aromatic carbocycles. The second-order valence-corrected chi connectivity index (χ2v) is 10.3. The molecule has 1 aliphatic rings. The van der Waals surface area contributed by atoms with Crippen molar-refractivity contribution in [1.29, 1.82) is 0 Å². The van der Waals surface area contributed by atoms with E-state index >= 15 is 0 Å². The Labute approximate surface area is 190 Å². The lowest BCUT2D eigenvalue weighted by molar-refractivity contribution is 0.0949. The predicted octanol–water partition coefficient (Wildman–Crippen LogP) is 4.29. The maximum atomic E-state index is 12.2. The number of thioether (sulfide) groups is 1. The molecule has 168 valence electrons. The molecule has 0 bridgehead atoms. The summed E-state index contributed by atoms with van der Waals surface area (Å²) >= 11 is 1.63. The maximum Gasteiger partial charge on any atom is 0.251 e. The number of hydrogen-bond donors (Lipinski definition) is 1. The molecule has 31 heavy (non-hydrogen) atoms. The fraction of sp³-hybridized carbons (Fsp3) is 0.542. The van der Waals surface area contributed by atoms with Crippen molar-refractivity contribution >= 4 is 23.5 Å². The fourth-order valence-corrected chi connectivity index (χ4v) is 3.92. The highest BCUT2D eigenvalue weighted by Crippen LogP contribution is 2.28. The van der Waals surface area contributed by atoms with Crippen molar-refractivity contribution in [3.63, 3.8) is 0 Å². The normalized spacial score (nSPS) is 14.7. The van der Waals surface area contributed by atoms with E-state index in [0.717, 1.165) is 54.3 Å². The Morgan fingerprint density at radius 1 is 1.16 bits per heavy atom. The molecule has 0 radical (unpaired) electrons. The maximum absolute atomic E-state index is 12.2. The van der Waals surface area contributed by atoms with Crippen molar-refractivity contribution in [3.8, 4) is 0 Å². The minimum atomic E-state index is -0.0513. The van der Waals surface area contributed by atoms with E-state index in [1.54, 1.807) is 11.8 Å². The summed E-state index contributed by atoms with van der Waals surface area (Å²) < 4.78 is 5.49. The van der Waals surface area contributed by atoms with E-state index in [9.17, 15) is 4.79 Å². The van der Waals surface area contributed by atoms with Crippen LogP contribution in [0.2, 0.25) is 0 Å².